The predicted octanol–water partition coefficient (Wildman–Crippen LogP) is 5.64. The number of nitrogens with zero attached hydrogens (tertiary/aromatic N) is 4. The van der Waals surface area contributed by atoms with Crippen molar-refractivity contribution in [3.63, 3.8) is 0 Å². The summed E-state index contributed by atoms with van der Waals surface area (Å²) in [6.07, 6.45) is 8.81. The number of hydrogen-bond acceptors (Lipinski definition) is 4. The monoisotopic (exact) mass is 543 g/mol. The average molecular weight is 544 g/mol. The highest BCUT2D eigenvalue weighted by Gasteiger charge is 2.18. The molecule has 7 nitrogen and oxygen atoms in total. The molecular formula is C27H28F3N5O2S. The lowest BCUT2D eigenvalue weighted by Gasteiger charge is -2.15. The molecule has 4 heterocycles. The number of aryl methyl sites for hydroxylation is 2. The van der Waals surface area contributed by atoms with E-state index in [4.69, 9.17) is 0 Å². The van der Waals surface area contributed by atoms with E-state index in [1.807, 2.05) is 48.9 Å². The van der Waals surface area contributed by atoms with Crippen molar-refractivity contribution in [1.29, 1.82) is 0 Å². The Hall–Kier alpha value is -3.99. The molecule has 0 aliphatic carbocycles. The van der Waals surface area contributed by atoms with Gasteiger partial charge in [-0.15, -0.1) is 0 Å². The summed E-state index contributed by atoms with van der Waals surface area (Å²) in [5.41, 5.74) is 4.82. The number of fused-ring (bicyclic) bond motifs is 1. The first kappa shape index (κ1) is 27.1. The molecular weight excluding hydrogens is 515 g/mol. The highest BCUT2D eigenvalue weighted by Crippen LogP contribution is 2.36. The van der Waals surface area contributed by atoms with Gasteiger partial charge in [-0.05, 0) is 23.4 Å². The van der Waals surface area contributed by atoms with Gasteiger partial charge in [-0.2, -0.15) is 16.9 Å². The van der Waals surface area contributed by atoms with Crippen LogP contribution in [0.5, 0.6) is 0 Å². The van der Waals surface area contributed by atoms with Crippen molar-refractivity contribution in [2.75, 3.05) is 18.9 Å². The minimum Gasteiger partial charge on any atom is -0.350 e. The van der Waals surface area contributed by atoms with E-state index >= 15 is 0 Å². The summed E-state index contributed by atoms with van der Waals surface area (Å²) in [6.45, 7) is -1.88. The van der Waals surface area contributed by atoms with Crippen LogP contribution in [0.4, 0.5) is 13.2 Å². The van der Waals surface area contributed by atoms with Crippen LogP contribution >= 0.6 is 11.8 Å². The van der Waals surface area contributed by atoms with E-state index in [2.05, 4.69) is 10.1 Å². The molecule has 200 valence electrons. The second kappa shape index (κ2) is 12.0. The second-order valence-corrected chi connectivity index (χ2v) is 9.40. The first-order chi connectivity index (χ1) is 18.4. The molecule has 0 radical (unpaired) electrons. The zero-order chi connectivity index (χ0) is 27.2. The minimum atomic E-state index is -1.75. The number of rotatable bonds is 7. The van der Waals surface area contributed by atoms with Gasteiger partial charge in [-0.25, -0.2) is 17.9 Å². The van der Waals surface area contributed by atoms with Gasteiger partial charge >= 0.3 is 0 Å². The standard InChI is InChI=1S/C26H24FN5O2S.CH2F2.H2/c1-30-14-22(20-10-23(29-25(20)26(30)34)18-12-28-32(13-18)16-27)19-11-24(33)31(8-9-35-2)15-21(19)17-6-4-3-5-7-17;2-1-3;/h3-7,10-15,29H,8-9,16H2,1-2H3;1H2;1H. The third-order valence-corrected chi connectivity index (χ3v) is 6.66. The number of pyridine rings is 2. The molecule has 11 heteroatoms. The van der Waals surface area contributed by atoms with Gasteiger partial charge in [0.2, 0.25) is 6.93 Å². The Kier molecular flexibility index (Phi) is 8.57. The molecule has 0 bridgehead atoms. The third-order valence-electron chi connectivity index (χ3n) is 6.07. The van der Waals surface area contributed by atoms with Crippen LogP contribution in [0, 0.1) is 0 Å². The molecule has 0 amide bonds. The van der Waals surface area contributed by atoms with Crippen molar-refractivity contribution < 1.29 is 14.6 Å². The number of hydrogen-bond donors (Lipinski definition) is 1. The van der Waals surface area contributed by atoms with E-state index < -0.39 is 13.7 Å². The lowest BCUT2D eigenvalue weighted by atomic mass is 9.95. The van der Waals surface area contributed by atoms with Crippen molar-refractivity contribution in [3.8, 4) is 33.5 Å². The average Bonchev–Trinajstić information content (AvgIpc) is 3.59. The first-order valence-electron chi connectivity index (χ1n) is 11.6. The lowest BCUT2D eigenvalue weighted by molar-refractivity contribution is 0.295. The van der Waals surface area contributed by atoms with E-state index in [0.717, 1.165) is 28.0 Å². The van der Waals surface area contributed by atoms with Crippen LogP contribution in [-0.2, 0) is 20.4 Å². The number of halogens is 3. The molecule has 0 spiro atoms. The molecule has 0 aliphatic heterocycles. The summed E-state index contributed by atoms with van der Waals surface area (Å²) < 4.78 is 36.7. The number of benzene rings is 1. The Morgan fingerprint density at radius 1 is 0.974 bits per heavy atom. The number of aromatic nitrogens is 5. The maximum Gasteiger partial charge on any atom is 0.274 e. The first-order valence-corrected chi connectivity index (χ1v) is 13.0. The zero-order valence-corrected chi connectivity index (χ0v) is 21.6. The Morgan fingerprint density at radius 3 is 2.37 bits per heavy atom. The van der Waals surface area contributed by atoms with Crippen LogP contribution in [0.15, 0.2) is 76.8 Å². The van der Waals surface area contributed by atoms with Crippen LogP contribution in [-0.4, -0.2) is 42.8 Å². The van der Waals surface area contributed by atoms with Gasteiger partial charge in [0.25, 0.3) is 11.1 Å². The zero-order valence-electron chi connectivity index (χ0n) is 20.8. The minimum absolute atomic E-state index is 0. The molecule has 0 fully saturated rings. The second-order valence-electron chi connectivity index (χ2n) is 8.41. The fourth-order valence-electron chi connectivity index (χ4n) is 4.28. The smallest absolute Gasteiger partial charge is 0.274 e. The molecule has 1 aromatic carbocycles. The molecule has 0 saturated heterocycles. The highest BCUT2D eigenvalue weighted by molar-refractivity contribution is 7.98. The van der Waals surface area contributed by atoms with E-state index in [1.54, 1.807) is 48.0 Å². The Balaban J connectivity index is 0.00000101. The van der Waals surface area contributed by atoms with Gasteiger partial charge in [-0.1, -0.05) is 30.3 Å². The van der Waals surface area contributed by atoms with Crippen LogP contribution in [0.1, 0.15) is 1.43 Å². The Labute approximate surface area is 222 Å². The van der Waals surface area contributed by atoms with Crippen molar-refractivity contribution in [2.24, 2.45) is 7.05 Å². The van der Waals surface area contributed by atoms with Gasteiger partial charge in [0.1, 0.15) is 5.52 Å². The molecule has 0 saturated carbocycles. The SMILES string of the molecule is CSCCn1cc(-c2ccccc2)c(-c2cn(C)c(=O)c3[nH]c(-c4cnn(CF)c4)cc23)cc1=O.FCF.[HH]. The fraction of sp³-hybridized carbons (Fsp3) is 0.222. The van der Waals surface area contributed by atoms with Crippen LogP contribution in [0.3, 0.4) is 0 Å². The Morgan fingerprint density at radius 2 is 1.71 bits per heavy atom. The van der Waals surface area contributed by atoms with Crippen LogP contribution in [0.25, 0.3) is 44.4 Å². The summed E-state index contributed by atoms with van der Waals surface area (Å²) in [6, 6.07) is 13.4. The number of nitrogens with one attached hydrogen (secondary N) is 1. The van der Waals surface area contributed by atoms with Crippen LogP contribution < -0.4 is 11.1 Å². The van der Waals surface area contributed by atoms with Crippen LogP contribution in [0.2, 0.25) is 0 Å². The topological polar surface area (TPSA) is 77.6 Å². The molecule has 1 N–H and O–H groups in total. The van der Waals surface area contributed by atoms with Gasteiger partial charge < -0.3 is 14.1 Å². The number of H-pyrrole nitrogens is 1. The van der Waals surface area contributed by atoms with E-state index in [1.165, 1.54) is 9.25 Å². The molecule has 0 atom stereocenters. The van der Waals surface area contributed by atoms with E-state index in [-0.39, 0.29) is 12.5 Å². The van der Waals surface area contributed by atoms with E-state index in [0.29, 0.717) is 28.7 Å². The molecule has 5 rings (SSSR count). The summed E-state index contributed by atoms with van der Waals surface area (Å²) in [4.78, 5) is 29.3. The molecule has 4 aromatic heterocycles. The number of thioether (sulfide) groups is 1. The molecule has 5 aromatic rings. The largest absolute Gasteiger partial charge is 0.350 e. The maximum absolute atomic E-state index is 13.1. The third kappa shape index (κ3) is 5.47. The maximum atomic E-state index is 13.1. The van der Waals surface area contributed by atoms with Crippen molar-refractivity contribution in [1.82, 2.24) is 23.9 Å². The summed E-state index contributed by atoms with van der Waals surface area (Å²) in [5.74, 6) is 0.825. The predicted molar refractivity (Wildman–Crippen MR) is 149 cm³/mol. The van der Waals surface area contributed by atoms with Gasteiger partial charge in [0, 0.05) is 73.2 Å². The van der Waals surface area contributed by atoms with Gasteiger partial charge in [0.15, 0.2) is 6.80 Å². The van der Waals surface area contributed by atoms with E-state index in [9.17, 15) is 22.8 Å². The summed E-state index contributed by atoms with van der Waals surface area (Å²) in [7, 11) is 1.69. The van der Waals surface area contributed by atoms with Gasteiger partial charge in [-0.3, -0.25) is 9.59 Å². The van der Waals surface area contributed by atoms with Gasteiger partial charge in [0.05, 0.1) is 6.20 Å². The lowest BCUT2D eigenvalue weighted by Crippen LogP contribution is -2.21. The molecule has 38 heavy (non-hydrogen) atoms. The van der Waals surface area contributed by atoms with Crippen molar-refractivity contribution >= 4 is 22.7 Å². The highest BCUT2D eigenvalue weighted by atomic mass is 32.2. The number of alkyl halides is 3. The number of aromatic amines is 1. The Bertz CT molecular complexity index is 1660. The normalized spacial score (nSPS) is 11.0. The molecule has 0 unspecified atom stereocenters. The summed E-state index contributed by atoms with van der Waals surface area (Å²) in [5, 5.41) is 4.68. The fourth-order valence-corrected chi connectivity index (χ4v) is 4.66. The summed E-state index contributed by atoms with van der Waals surface area (Å²) >= 11 is 1.68. The van der Waals surface area contributed by atoms with Crippen molar-refractivity contribution in [3.05, 3.63) is 88.0 Å². The van der Waals surface area contributed by atoms with Crippen molar-refractivity contribution in [2.45, 2.75) is 13.3 Å². The quantitative estimate of drug-likeness (QED) is 0.288. The molecule has 0 aliphatic rings.